The molecule has 1 unspecified atom stereocenters. The normalized spacial score (nSPS) is 25.6. The van der Waals surface area contributed by atoms with Gasteiger partial charge in [-0.25, -0.2) is 4.79 Å². The summed E-state index contributed by atoms with van der Waals surface area (Å²) in [5, 5.41) is 8.75. The molecule has 0 radical (unpaired) electrons. The Balaban J connectivity index is 1.82. The van der Waals surface area contributed by atoms with Gasteiger partial charge in [-0.3, -0.25) is 4.79 Å². The van der Waals surface area contributed by atoms with Crippen LogP contribution in [0.1, 0.15) is 13.3 Å². The van der Waals surface area contributed by atoms with E-state index < -0.39 is 5.97 Å². The Bertz CT molecular complexity index is 315. The van der Waals surface area contributed by atoms with E-state index >= 15 is 0 Å². The van der Waals surface area contributed by atoms with Gasteiger partial charge < -0.3 is 19.6 Å². The molecule has 6 nitrogen and oxygen atoms in total. The van der Waals surface area contributed by atoms with E-state index in [0.29, 0.717) is 32.8 Å². The quantitative estimate of drug-likeness (QED) is 0.752. The molecule has 0 bridgehead atoms. The van der Waals surface area contributed by atoms with Crippen LogP contribution in [0.5, 0.6) is 0 Å². The predicted molar refractivity (Wildman–Crippen MR) is 59.7 cm³/mol. The van der Waals surface area contributed by atoms with Crippen LogP contribution in [0.3, 0.4) is 0 Å². The first-order valence-corrected chi connectivity index (χ1v) is 6.00. The van der Waals surface area contributed by atoms with Gasteiger partial charge in [-0.05, 0) is 6.42 Å². The van der Waals surface area contributed by atoms with Gasteiger partial charge in [0.1, 0.15) is 0 Å². The maximum atomic E-state index is 12.0. The molecule has 0 aliphatic carbocycles. The van der Waals surface area contributed by atoms with Crippen LogP contribution in [-0.2, 0) is 9.53 Å². The summed E-state index contributed by atoms with van der Waals surface area (Å²) in [4.78, 5) is 26.0. The van der Waals surface area contributed by atoms with E-state index in [4.69, 9.17) is 9.84 Å². The number of rotatable bonds is 2. The number of aliphatic carboxylic acids is 1. The molecule has 0 spiro atoms. The smallest absolute Gasteiger partial charge is 0.320 e. The maximum absolute atomic E-state index is 12.0. The molecule has 2 rings (SSSR count). The molecular formula is C11H18N2O4. The second-order valence-corrected chi connectivity index (χ2v) is 4.57. The van der Waals surface area contributed by atoms with Crippen molar-refractivity contribution in [3.05, 3.63) is 0 Å². The third-order valence-electron chi connectivity index (χ3n) is 3.37. The molecule has 1 atom stereocenters. The first kappa shape index (κ1) is 12.2. The number of carbonyl (C=O) groups excluding carboxylic acids is 1. The second-order valence-electron chi connectivity index (χ2n) is 4.57. The van der Waals surface area contributed by atoms with Gasteiger partial charge in [-0.15, -0.1) is 0 Å². The molecule has 6 heteroatoms. The Morgan fingerprint density at radius 2 is 2.00 bits per heavy atom. The lowest BCUT2D eigenvalue weighted by Crippen LogP contribution is -2.59. The van der Waals surface area contributed by atoms with Gasteiger partial charge in [0.05, 0.1) is 18.6 Å². The monoisotopic (exact) mass is 242 g/mol. The summed E-state index contributed by atoms with van der Waals surface area (Å²) in [6, 6.07) is -0.0516. The van der Waals surface area contributed by atoms with Crippen LogP contribution in [-0.4, -0.2) is 65.8 Å². The molecule has 2 fully saturated rings. The highest BCUT2D eigenvalue weighted by atomic mass is 16.5. The molecular weight excluding hydrogens is 224 g/mol. The van der Waals surface area contributed by atoms with Crippen LogP contribution in [0.2, 0.25) is 0 Å². The Morgan fingerprint density at radius 3 is 2.59 bits per heavy atom. The molecule has 0 aromatic carbocycles. The highest BCUT2D eigenvalue weighted by molar-refractivity contribution is 5.80. The van der Waals surface area contributed by atoms with Gasteiger partial charge in [0.15, 0.2) is 0 Å². The van der Waals surface area contributed by atoms with Crippen LogP contribution in [0.15, 0.2) is 0 Å². The summed E-state index contributed by atoms with van der Waals surface area (Å²) in [5.41, 5.74) is 0. The molecule has 2 aliphatic rings. The maximum Gasteiger partial charge on any atom is 0.320 e. The lowest BCUT2D eigenvalue weighted by atomic mass is 10.0. The zero-order valence-corrected chi connectivity index (χ0v) is 9.96. The van der Waals surface area contributed by atoms with E-state index in [1.165, 1.54) is 0 Å². The van der Waals surface area contributed by atoms with E-state index in [2.05, 4.69) is 0 Å². The summed E-state index contributed by atoms with van der Waals surface area (Å²) >= 11 is 0. The first-order chi connectivity index (χ1) is 8.11. The summed E-state index contributed by atoms with van der Waals surface area (Å²) in [5.74, 6) is -1.20. The number of carboxylic acid groups (broad SMARTS) is 1. The van der Waals surface area contributed by atoms with E-state index in [-0.39, 0.29) is 18.1 Å². The molecule has 2 aliphatic heterocycles. The van der Waals surface area contributed by atoms with Crippen LogP contribution in [0, 0.1) is 5.92 Å². The Labute approximate surface area is 100 Å². The van der Waals surface area contributed by atoms with Crippen LogP contribution in [0.25, 0.3) is 0 Å². The third-order valence-corrected chi connectivity index (χ3v) is 3.37. The van der Waals surface area contributed by atoms with E-state index in [1.807, 2.05) is 6.92 Å². The van der Waals surface area contributed by atoms with E-state index in [0.717, 1.165) is 6.42 Å². The zero-order chi connectivity index (χ0) is 12.4. The van der Waals surface area contributed by atoms with Gasteiger partial charge in [0.25, 0.3) is 0 Å². The van der Waals surface area contributed by atoms with Crippen molar-refractivity contribution in [2.75, 3.05) is 32.8 Å². The van der Waals surface area contributed by atoms with E-state index in [9.17, 15) is 9.59 Å². The molecule has 2 heterocycles. The van der Waals surface area contributed by atoms with Crippen molar-refractivity contribution in [1.29, 1.82) is 0 Å². The number of carbonyl (C=O) groups is 2. The van der Waals surface area contributed by atoms with Gasteiger partial charge in [0, 0.05) is 26.2 Å². The number of carboxylic acids is 1. The molecule has 17 heavy (non-hydrogen) atoms. The predicted octanol–water partition coefficient (Wildman–Crippen LogP) is 0.234. The van der Waals surface area contributed by atoms with Gasteiger partial charge in [-0.1, -0.05) is 6.92 Å². The molecule has 1 N–H and O–H groups in total. The Hall–Kier alpha value is -1.30. The number of urea groups is 1. The van der Waals surface area contributed by atoms with Crippen molar-refractivity contribution in [3.63, 3.8) is 0 Å². The summed E-state index contributed by atoms with van der Waals surface area (Å²) in [6.45, 7) is 4.49. The van der Waals surface area contributed by atoms with Crippen molar-refractivity contribution in [3.8, 4) is 0 Å². The fraction of sp³-hybridized carbons (Fsp3) is 0.818. The first-order valence-electron chi connectivity index (χ1n) is 6.00. The Morgan fingerprint density at radius 1 is 1.29 bits per heavy atom. The van der Waals surface area contributed by atoms with Gasteiger partial charge in [-0.2, -0.15) is 0 Å². The van der Waals surface area contributed by atoms with Crippen molar-refractivity contribution in [2.24, 2.45) is 5.92 Å². The SMILES string of the molecule is CCC1CN(C(=O)N2CC(C(=O)O)C2)CCO1. The number of morpholine rings is 1. The molecule has 0 saturated carbocycles. The van der Waals surface area contributed by atoms with Crippen molar-refractivity contribution in [2.45, 2.75) is 19.4 Å². The lowest BCUT2D eigenvalue weighted by Gasteiger charge is -2.42. The number of nitrogens with zero attached hydrogens (tertiary/aromatic N) is 2. The minimum absolute atomic E-state index is 0.0516. The van der Waals surface area contributed by atoms with Crippen molar-refractivity contribution in [1.82, 2.24) is 9.80 Å². The lowest BCUT2D eigenvalue weighted by molar-refractivity contribution is -0.146. The minimum atomic E-state index is -0.817. The minimum Gasteiger partial charge on any atom is -0.481 e. The summed E-state index contributed by atoms with van der Waals surface area (Å²) < 4.78 is 5.49. The highest BCUT2D eigenvalue weighted by Gasteiger charge is 2.38. The zero-order valence-electron chi connectivity index (χ0n) is 9.96. The topological polar surface area (TPSA) is 70.1 Å². The molecule has 0 aromatic heterocycles. The van der Waals surface area contributed by atoms with Crippen LogP contribution in [0.4, 0.5) is 4.79 Å². The average Bonchev–Trinajstić information content (AvgIpc) is 2.26. The summed E-state index contributed by atoms with van der Waals surface area (Å²) in [7, 11) is 0. The fourth-order valence-electron chi connectivity index (χ4n) is 2.13. The molecule has 96 valence electrons. The second kappa shape index (κ2) is 4.91. The van der Waals surface area contributed by atoms with Gasteiger partial charge >= 0.3 is 12.0 Å². The molecule has 0 aromatic rings. The van der Waals surface area contributed by atoms with Crippen LogP contribution < -0.4 is 0 Å². The Kier molecular flexibility index (Phi) is 3.51. The highest BCUT2D eigenvalue weighted by Crippen LogP contribution is 2.19. The number of likely N-dealkylation sites (tertiary alicyclic amines) is 1. The largest absolute Gasteiger partial charge is 0.481 e. The average molecular weight is 242 g/mol. The number of amides is 2. The summed E-state index contributed by atoms with van der Waals surface area (Å²) in [6.07, 6.45) is 1.01. The van der Waals surface area contributed by atoms with Crippen molar-refractivity contribution < 1.29 is 19.4 Å². The van der Waals surface area contributed by atoms with Crippen LogP contribution >= 0.6 is 0 Å². The number of ether oxygens (including phenoxy) is 1. The molecule has 2 amide bonds. The number of hydrogen-bond acceptors (Lipinski definition) is 3. The third kappa shape index (κ3) is 2.52. The fourth-order valence-corrected chi connectivity index (χ4v) is 2.13. The molecule has 2 saturated heterocycles. The van der Waals surface area contributed by atoms with Crippen molar-refractivity contribution >= 4 is 12.0 Å². The number of hydrogen-bond donors (Lipinski definition) is 1. The van der Waals surface area contributed by atoms with E-state index in [1.54, 1.807) is 9.80 Å². The van der Waals surface area contributed by atoms with Gasteiger partial charge in [0.2, 0.25) is 0 Å². The standard InChI is InChI=1S/C11H18N2O4/c1-2-9-7-12(3-4-17-9)11(16)13-5-8(6-13)10(14)15/h8-9H,2-7H2,1H3,(H,14,15).